The summed E-state index contributed by atoms with van der Waals surface area (Å²) in [6, 6.07) is 14.0. The van der Waals surface area contributed by atoms with Crippen molar-refractivity contribution in [2.75, 3.05) is 0 Å². The molecule has 25 heavy (non-hydrogen) atoms. The van der Waals surface area contributed by atoms with Crippen LogP contribution in [0.4, 0.5) is 5.69 Å². The zero-order valence-corrected chi connectivity index (χ0v) is 16.2. The van der Waals surface area contributed by atoms with Gasteiger partial charge in [0.15, 0.2) is 0 Å². The second-order valence-corrected chi connectivity index (χ2v) is 8.36. The van der Waals surface area contributed by atoms with Gasteiger partial charge in [0, 0.05) is 16.5 Å². The molecule has 1 heterocycles. The highest BCUT2D eigenvalue weighted by Crippen LogP contribution is 2.56. The molecular weight excluding hydrogens is 302 g/mol. The van der Waals surface area contributed by atoms with Crippen LogP contribution in [0.2, 0.25) is 0 Å². The van der Waals surface area contributed by atoms with Crippen molar-refractivity contribution in [2.45, 2.75) is 71.1 Å². The molecule has 0 saturated heterocycles. The Hall–Kier alpha value is -1.89. The molecule has 1 aliphatic heterocycles. The molecule has 2 aromatic rings. The van der Waals surface area contributed by atoms with E-state index in [1.165, 1.54) is 64.9 Å². The molecule has 1 nitrogen and oxygen atoms in total. The summed E-state index contributed by atoms with van der Waals surface area (Å²) in [5, 5.41) is 0. The molecule has 2 aromatic carbocycles. The molecule has 0 saturated carbocycles. The molecule has 0 amide bonds. The zero-order valence-electron chi connectivity index (χ0n) is 16.2. The van der Waals surface area contributed by atoms with Crippen LogP contribution in [0.3, 0.4) is 0 Å². The maximum Gasteiger partial charge on any atom is 0.0674 e. The van der Waals surface area contributed by atoms with Crippen molar-refractivity contribution >= 4 is 11.4 Å². The van der Waals surface area contributed by atoms with Crippen LogP contribution in [-0.4, -0.2) is 5.71 Å². The molecule has 0 atom stereocenters. The first-order valence-corrected chi connectivity index (χ1v) is 9.80. The highest BCUT2D eigenvalue weighted by Gasteiger charge is 2.44. The van der Waals surface area contributed by atoms with Crippen molar-refractivity contribution in [3.63, 3.8) is 0 Å². The van der Waals surface area contributed by atoms with E-state index in [0.29, 0.717) is 0 Å². The van der Waals surface area contributed by atoms with Gasteiger partial charge in [0.25, 0.3) is 0 Å². The van der Waals surface area contributed by atoms with E-state index in [9.17, 15) is 0 Å². The first-order valence-electron chi connectivity index (χ1n) is 9.80. The molecule has 0 N–H and O–H groups in total. The summed E-state index contributed by atoms with van der Waals surface area (Å²) in [6.07, 6.45) is 4.85. The van der Waals surface area contributed by atoms with Crippen molar-refractivity contribution in [1.82, 2.24) is 0 Å². The van der Waals surface area contributed by atoms with Gasteiger partial charge in [-0.15, -0.1) is 0 Å². The minimum absolute atomic E-state index is 0.0417. The number of benzene rings is 2. The lowest BCUT2D eigenvalue weighted by atomic mass is 9.71. The van der Waals surface area contributed by atoms with Crippen molar-refractivity contribution in [3.05, 3.63) is 53.1 Å². The summed E-state index contributed by atoms with van der Waals surface area (Å²) in [6.45, 7) is 11.4. The number of nitrogens with zero attached hydrogens (tertiary/aromatic N) is 1. The van der Waals surface area contributed by atoms with E-state index in [4.69, 9.17) is 4.99 Å². The first kappa shape index (κ1) is 16.6. The molecule has 2 aliphatic rings. The van der Waals surface area contributed by atoms with Gasteiger partial charge >= 0.3 is 0 Å². The Balaban J connectivity index is 2.03. The summed E-state index contributed by atoms with van der Waals surface area (Å²) in [7, 11) is 0. The molecule has 1 aliphatic carbocycles. The second kappa shape index (κ2) is 5.56. The molecule has 0 fully saturated rings. The van der Waals surface area contributed by atoms with Gasteiger partial charge in [0.2, 0.25) is 0 Å². The minimum Gasteiger partial charge on any atom is -0.257 e. The maximum absolute atomic E-state index is 4.95. The standard InChI is InChI=1S/C24H29N/c1-6-12-24(13-7-2)19-11-9-8-10-17(19)18-14-21-22(15-20(18)24)25-16(3)23(21,4)5/h8-11,14-15H,6-7,12-13H2,1-5H3. The SMILES string of the molecule is CCCC1(CCC)c2ccccc2-c2cc3c(cc21)N=C(C)C3(C)C. The number of hydrogen-bond donors (Lipinski definition) is 0. The predicted molar refractivity (Wildman–Crippen MR) is 108 cm³/mol. The Morgan fingerprint density at radius 2 is 1.52 bits per heavy atom. The molecule has 0 unspecified atom stereocenters. The van der Waals surface area contributed by atoms with E-state index < -0.39 is 0 Å². The highest BCUT2D eigenvalue weighted by atomic mass is 14.8. The van der Waals surface area contributed by atoms with E-state index >= 15 is 0 Å². The van der Waals surface area contributed by atoms with E-state index in [2.05, 4.69) is 71.0 Å². The monoisotopic (exact) mass is 331 g/mol. The number of rotatable bonds is 4. The van der Waals surface area contributed by atoms with Crippen LogP contribution in [0.1, 0.15) is 77.0 Å². The number of aliphatic imine (C=N–C) groups is 1. The zero-order chi connectivity index (χ0) is 17.8. The fourth-order valence-electron chi connectivity index (χ4n) is 5.11. The summed E-state index contributed by atoms with van der Waals surface area (Å²) in [4.78, 5) is 4.95. The fourth-order valence-corrected chi connectivity index (χ4v) is 5.11. The molecule has 0 radical (unpaired) electrons. The normalized spacial score (nSPS) is 18.5. The fraction of sp³-hybridized carbons (Fsp3) is 0.458. The summed E-state index contributed by atoms with van der Waals surface area (Å²) < 4.78 is 0. The van der Waals surface area contributed by atoms with Gasteiger partial charge in [0.05, 0.1) is 5.69 Å². The molecule has 0 bridgehead atoms. The van der Waals surface area contributed by atoms with E-state index in [-0.39, 0.29) is 10.8 Å². The van der Waals surface area contributed by atoms with Crippen LogP contribution in [0.15, 0.2) is 41.4 Å². The molecule has 0 aromatic heterocycles. The van der Waals surface area contributed by atoms with Gasteiger partial charge < -0.3 is 0 Å². The quantitative estimate of drug-likeness (QED) is 0.575. The predicted octanol–water partition coefficient (Wildman–Crippen LogP) is 6.94. The first-order chi connectivity index (χ1) is 12.0. The van der Waals surface area contributed by atoms with Gasteiger partial charge in [-0.3, -0.25) is 4.99 Å². The van der Waals surface area contributed by atoms with Gasteiger partial charge in [-0.2, -0.15) is 0 Å². The lowest BCUT2D eigenvalue weighted by Crippen LogP contribution is -2.25. The summed E-state index contributed by atoms with van der Waals surface area (Å²) >= 11 is 0. The Labute approximate surface area is 152 Å². The third-order valence-corrected chi connectivity index (χ3v) is 6.60. The number of fused-ring (bicyclic) bond motifs is 4. The van der Waals surface area contributed by atoms with E-state index in [1.54, 1.807) is 0 Å². The van der Waals surface area contributed by atoms with Crippen LogP contribution in [0.5, 0.6) is 0 Å². The van der Waals surface area contributed by atoms with Crippen LogP contribution in [0, 0.1) is 0 Å². The molecular formula is C24H29N. The Morgan fingerprint density at radius 1 is 0.840 bits per heavy atom. The topological polar surface area (TPSA) is 12.4 Å². The lowest BCUT2D eigenvalue weighted by molar-refractivity contribution is 0.436. The smallest absolute Gasteiger partial charge is 0.0674 e. The molecule has 130 valence electrons. The van der Waals surface area contributed by atoms with Crippen LogP contribution in [0.25, 0.3) is 11.1 Å². The van der Waals surface area contributed by atoms with E-state index in [1.807, 2.05) is 0 Å². The highest BCUT2D eigenvalue weighted by molar-refractivity contribution is 6.01. The van der Waals surface area contributed by atoms with Crippen LogP contribution < -0.4 is 0 Å². The van der Waals surface area contributed by atoms with Crippen molar-refractivity contribution in [1.29, 1.82) is 0 Å². The average molecular weight is 332 g/mol. The lowest BCUT2D eigenvalue weighted by Gasteiger charge is -2.32. The van der Waals surface area contributed by atoms with Crippen molar-refractivity contribution in [3.8, 4) is 11.1 Å². The summed E-state index contributed by atoms with van der Waals surface area (Å²) in [5.41, 5.74) is 9.99. The Bertz CT molecular complexity index is 864. The van der Waals surface area contributed by atoms with Gasteiger partial charge in [-0.1, -0.05) is 64.8 Å². The minimum atomic E-state index is 0.0417. The van der Waals surface area contributed by atoms with Gasteiger partial charge in [-0.25, -0.2) is 0 Å². The number of hydrogen-bond acceptors (Lipinski definition) is 1. The van der Waals surface area contributed by atoms with Gasteiger partial charge in [0.1, 0.15) is 0 Å². The third-order valence-electron chi connectivity index (χ3n) is 6.60. The van der Waals surface area contributed by atoms with Crippen LogP contribution in [-0.2, 0) is 10.8 Å². The van der Waals surface area contributed by atoms with Crippen molar-refractivity contribution < 1.29 is 0 Å². The third kappa shape index (κ3) is 2.11. The molecule has 1 heteroatoms. The Morgan fingerprint density at radius 3 is 2.20 bits per heavy atom. The summed E-state index contributed by atoms with van der Waals surface area (Å²) in [5.74, 6) is 0. The molecule has 0 spiro atoms. The van der Waals surface area contributed by atoms with Crippen molar-refractivity contribution in [2.24, 2.45) is 4.99 Å². The Kier molecular flexibility index (Phi) is 3.68. The second-order valence-electron chi connectivity index (χ2n) is 8.36. The van der Waals surface area contributed by atoms with E-state index in [0.717, 1.165) is 0 Å². The largest absolute Gasteiger partial charge is 0.257 e. The average Bonchev–Trinajstić information content (AvgIpc) is 2.98. The van der Waals surface area contributed by atoms with Crippen LogP contribution >= 0.6 is 0 Å². The molecule has 4 rings (SSSR count). The van der Waals surface area contributed by atoms with Gasteiger partial charge in [-0.05, 0) is 59.7 Å². The maximum atomic E-state index is 4.95.